The molecule has 1 aliphatic carbocycles. The predicted molar refractivity (Wildman–Crippen MR) is 118 cm³/mol. The van der Waals surface area contributed by atoms with E-state index in [1.165, 1.54) is 0 Å². The normalized spacial score (nSPS) is 22.2. The smallest absolute Gasteiger partial charge is 0.227 e. The van der Waals surface area contributed by atoms with Crippen LogP contribution in [0.5, 0.6) is 5.75 Å². The molecule has 0 radical (unpaired) electrons. The molecule has 3 aliphatic rings. The van der Waals surface area contributed by atoms with Gasteiger partial charge in [-0.1, -0.05) is 12.1 Å². The van der Waals surface area contributed by atoms with Crippen LogP contribution in [0, 0.1) is 5.92 Å². The highest BCUT2D eigenvalue weighted by Gasteiger charge is 2.38. The van der Waals surface area contributed by atoms with Gasteiger partial charge in [0.05, 0.1) is 26.7 Å². The van der Waals surface area contributed by atoms with Crippen molar-refractivity contribution in [2.24, 2.45) is 5.92 Å². The molecule has 0 spiro atoms. The molecule has 170 valence electrons. The first kappa shape index (κ1) is 22.1. The van der Waals surface area contributed by atoms with Crippen molar-refractivity contribution in [2.45, 2.75) is 38.1 Å². The number of morpholine rings is 1. The lowest BCUT2D eigenvalue weighted by molar-refractivity contribution is -0.140. The highest BCUT2D eigenvalue weighted by Crippen LogP contribution is 2.32. The second-order valence-corrected chi connectivity index (χ2v) is 8.92. The average Bonchev–Trinajstić information content (AvgIpc) is 3.66. The lowest BCUT2D eigenvalue weighted by Crippen LogP contribution is -2.54. The van der Waals surface area contributed by atoms with E-state index in [2.05, 4.69) is 9.80 Å². The number of nitrogens with zero attached hydrogens (tertiary/aromatic N) is 3. The van der Waals surface area contributed by atoms with Crippen LogP contribution in [0.3, 0.4) is 0 Å². The molecule has 0 bridgehead atoms. The van der Waals surface area contributed by atoms with Gasteiger partial charge in [-0.15, -0.1) is 0 Å². The fourth-order valence-electron chi connectivity index (χ4n) is 4.58. The molecule has 3 fully saturated rings. The van der Waals surface area contributed by atoms with E-state index in [0.717, 1.165) is 82.9 Å². The van der Waals surface area contributed by atoms with Crippen LogP contribution >= 0.6 is 0 Å². The first-order chi connectivity index (χ1) is 15.1. The first-order valence-corrected chi connectivity index (χ1v) is 11.7. The van der Waals surface area contributed by atoms with Crippen LogP contribution in [0.25, 0.3) is 0 Å². The summed E-state index contributed by atoms with van der Waals surface area (Å²) in [6.07, 6.45) is 4.35. The molecule has 7 heteroatoms. The number of hydrogen-bond donors (Lipinski definition) is 0. The molecule has 0 N–H and O–H groups in total. The standard InChI is InChI=1S/C24H35N3O4/c1-30-22-8-4-19(5-9-22)17-23(28)26-10-2-3-21(18-26)27(24(29)20-6-7-20)12-11-25-13-15-31-16-14-25/h4-5,8-9,20-21H,2-3,6-7,10-18H2,1H3. The SMILES string of the molecule is COc1ccc(CC(=O)N2CCCC(N(CCN3CCOCC3)C(=O)C3CC3)C2)cc1. The van der Waals surface area contributed by atoms with E-state index in [0.29, 0.717) is 18.9 Å². The van der Waals surface area contributed by atoms with Gasteiger partial charge in [-0.25, -0.2) is 0 Å². The molecule has 2 saturated heterocycles. The maximum Gasteiger partial charge on any atom is 0.227 e. The van der Waals surface area contributed by atoms with Crippen molar-refractivity contribution in [3.8, 4) is 5.75 Å². The Kier molecular flexibility index (Phi) is 7.45. The van der Waals surface area contributed by atoms with Gasteiger partial charge in [-0.2, -0.15) is 0 Å². The Hall–Kier alpha value is -2.12. The van der Waals surface area contributed by atoms with Gasteiger partial charge in [-0.3, -0.25) is 14.5 Å². The van der Waals surface area contributed by atoms with Crippen molar-refractivity contribution in [3.63, 3.8) is 0 Å². The molecule has 2 aliphatic heterocycles. The highest BCUT2D eigenvalue weighted by molar-refractivity contribution is 5.82. The Labute approximate surface area is 185 Å². The molecule has 2 heterocycles. The summed E-state index contributed by atoms with van der Waals surface area (Å²) in [4.78, 5) is 32.5. The Balaban J connectivity index is 1.36. The van der Waals surface area contributed by atoms with Crippen molar-refractivity contribution in [1.82, 2.24) is 14.7 Å². The van der Waals surface area contributed by atoms with E-state index in [9.17, 15) is 9.59 Å². The molecular weight excluding hydrogens is 394 g/mol. The molecule has 1 atom stereocenters. The number of ether oxygens (including phenoxy) is 2. The summed E-state index contributed by atoms with van der Waals surface area (Å²) in [7, 11) is 1.64. The maximum absolute atomic E-state index is 13.1. The number of methoxy groups -OCH3 is 1. The fraction of sp³-hybridized carbons (Fsp3) is 0.667. The second kappa shape index (κ2) is 10.5. The van der Waals surface area contributed by atoms with Crippen molar-refractivity contribution in [3.05, 3.63) is 29.8 Å². The Bertz CT molecular complexity index is 744. The minimum Gasteiger partial charge on any atom is -0.497 e. The Morgan fingerprint density at radius 2 is 1.84 bits per heavy atom. The summed E-state index contributed by atoms with van der Waals surface area (Å²) >= 11 is 0. The molecular formula is C24H35N3O4. The van der Waals surface area contributed by atoms with E-state index < -0.39 is 0 Å². The third kappa shape index (κ3) is 5.98. The zero-order chi connectivity index (χ0) is 21.6. The van der Waals surface area contributed by atoms with Crippen LogP contribution in [0.15, 0.2) is 24.3 Å². The molecule has 1 aromatic rings. The summed E-state index contributed by atoms with van der Waals surface area (Å²) in [5.41, 5.74) is 0.992. The lowest BCUT2D eigenvalue weighted by Gasteiger charge is -2.40. The van der Waals surface area contributed by atoms with Crippen molar-refractivity contribution in [1.29, 1.82) is 0 Å². The summed E-state index contributed by atoms with van der Waals surface area (Å²) in [6.45, 7) is 6.47. The van der Waals surface area contributed by atoms with Gasteiger partial charge in [0, 0.05) is 51.2 Å². The summed E-state index contributed by atoms with van der Waals surface area (Å²) < 4.78 is 10.6. The topological polar surface area (TPSA) is 62.3 Å². The van der Waals surface area contributed by atoms with Crippen molar-refractivity contribution < 1.29 is 19.1 Å². The largest absolute Gasteiger partial charge is 0.497 e. The van der Waals surface area contributed by atoms with Gasteiger partial charge >= 0.3 is 0 Å². The van der Waals surface area contributed by atoms with Crippen molar-refractivity contribution >= 4 is 11.8 Å². The van der Waals surface area contributed by atoms with E-state index in [4.69, 9.17) is 9.47 Å². The summed E-state index contributed by atoms with van der Waals surface area (Å²) in [5.74, 6) is 1.43. The number of carbonyl (C=O) groups excluding carboxylic acids is 2. The first-order valence-electron chi connectivity index (χ1n) is 11.7. The van der Waals surface area contributed by atoms with E-state index in [1.807, 2.05) is 29.2 Å². The monoisotopic (exact) mass is 429 g/mol. The number of hydrogen-bond acceptors (Lipinski definition) is 5. The van der Waals surface area contributed by atoms with Gasteiger partial charge < -0.3 is 19.3 Å². The van der Waals surface area contributed by atoms with Crippen LogP contribution in [0.1, 0.15) is 31.2 Å². The van der Waals surface area contributed by atoms with Crippen LogP contribution in [0.2, 0.25) is 0 Å². The number of carbonyl (C=O) groups is 2. The van der Waals surface area contributed by atoms with Crippen molar-refractivity contribution in [2.75, 3.05) is 59.6 Å². The van der Waals surface area contributed by atoms with Crippen LogP contribution < -0.4 is 4.74 Å². The van der Waals surface area contributed by atoms with Gasteiger partial charge in [0.15, 0.2) is 0 Å². The third-order valence-electron chi connectivity index (χ3n) is 6.67. The van der Waals surface area contributed by atoms with Gasteiger partial charge in [-0.05, 0) is 43.4 Å². The number of amides is 2. The van der Waals surface area contributed by atoms with Crippen LogP contribution in [-0.2, 0) is 20.7 Å². The maximum atomic E-state index is 13.1. The fourth-order valence-corrected chi connectivity index (χ4v) is 4.58. The number of benzene rings is 1. The molecule has 31 heavy (non-hydrogen) atoms. The molecule has 1 saturated carbocycles. The number of piperidine rings is 1. The quantitative estimate of drug-likeness (QED) is 0.631. The molecule has 7 nitrogen and oxygen atoms in total. The third-order valence-corrected chi connectivity index (χ3v) is 6.67. The zero-order valence-electron chi connectivity index (χ0n) is 18.6. The van der Waals surface area contributed by atoms with Gasteiger partial charge in [0.2, 0.25) is 11.8 Å². The molecule has 2 amide bonds. The minimum atomic E-state index is 0.128. The summed E-state index contributed by atoms with van der Waals surface area (Å²) in [5, 5.41) is 0. The number of likely N-dealkylation sites (tertiary alicyclic amines) is 1. The predicted octanol–water partition coefficient (Wildman–Crippen LogP) is 1.80. The molecule has 1 unspecified atom stereocenters. The highest BCUT2D eigenvalue weighted by atomic mass is 16.5. The Morgan fingerprint density at radius 1 is 1.10 bits per heavy atom. The van der Waals surface area contributed by atoms with Gasteiger partial charge in [0.25, 0.3) is 0 Å². The zero-order valence-corrected chi connectivity index (χ0v) is 18.6. The second-order valence-electron chi connectivity index (χ2n) is 8.92. The molecule has 1 aromatic carbocycles. The van der Waals surface area contributed by atoms with E-state index >= 15 is 0 Å². The van der Waals surface area contributed by atoms with E-state index in [1.54, 1.807) is 7.11 Å². The number of rotatable bonds is 8. The van der Waals surface area contributed by atoms with Crippen LogP contribution in [-0.4, -0.2) is 92.1 Å². The van der Waals surface area contributed by atoms with Gasteiger partial charge in [0.1, 0.15) is 5.75 Å². The minimum absolute atomic E-state index is 0.128. The average molecular weight is 430 g/mol. The summed E-state index contributed by atoms with van der Waals surface area (Å²) in [6, 6.07) is 7.81. The van der Waals surface area contributed by atoms with Crippen LogP contribution in [0.4, 0.5) is 0 Å². The molecule has 0 aromatic heterocycles. The van der Waals surface area contributed by atoms with E-state index in [-0.39, 0.29) is 17.9 Å². The Morgan fingerprint density at radius 3 is 2.52 bits per heavy atom. The lowest BCUT2D eigenvalue weighted by atomic mass is 10.0. The molecule has 4 rings (SSSR count).